The quantitative estimate of drug-likeness (QED) is 0.892. The van der Waals surface area contributed by atoms with E-state index in [1.165, 1.54) is 6.07 Å². The predicted octanol–water partition coefficient (Wildman–Crippen LogP) is 2.97. The fourth-order valence-electron chi connectivity index (χ4n) is 1.93. The molecule has 0 aliphatic rings. The largest absolute Gasteiger partial charge is 0.388 e. The zero-order valence-corrected chi connectivity index (χ0v) is 11.0. The smallest absolute Gasteiger partial charge is 0.126 e. The van der Waals surface area contributed by atoms with Crippen LogP contribution >= 0.6 is 11.3 Å². The third-order valence-electron chi connectivity index (χ3n) is 3.08. The molecule has 0 spiro atoms. The van der Waals surface area contributed by atoms with Gasteiger partial charge in [-0.05, 0) is 35.6 Å². The molecule has 0 aliphatic carbocycles. The lowest BCUT2D eigenvalue weighted by atomic mass is 9.93. The molecule has 2 rings (SSSR count). The Balaban J connectivity index is 2.28. The molecule has 2 unspecified atom stereocenters. The van der Waals surface area contributed by atoms with Gasteiger partial charge in [0.25, 0.3) is 0 Å². The minimum absolute atomic E-state index is 0.188. The average Bonchev–Trinajstić information content (AvgIpc) is 2.87. The van der Waals surface area contributed by atoms with Crippen LogP contribution in [0.5, 0.6) is 0 Å². The van der Waals surface area contributed by atoms with Gasteiger partial charge in [-0.1, -0.05) is 18.2 Å². The molecule has 2 atom stereocenters. The lowest BCUT2D eigenvalue weighted by Crippen LogP contribution is -2.19. The first-order valence-electron chi connectivity index (χ1n) is 5.81. The monoisotopic (exact) mass is 265 g/mol. The van der Waals surface area contributed by atoms with Crippen LogP contribution in [0.25, 0.3) is 0 Å². The lowest BCUT2D eigenvalue weighted by Gasteiger charge is -2.21. The molecule has 1 heterocycles. The number of nitrogens with two attached hydrogens (primary N) is 1. The molecule has 1 aromatic heterocycles. The van der Waals surface area contributed by atoms with Gasteiger partial charge in [0.15, 0.2) is 0 Å². The summed E-state index contributed by atoms with van der Waals surface area (Å²) in [5.41, 5.74) is 6.87. The first kappa shape index (κ1) is 13.2. The van der Waals surface area contributed by atoms with Crippen molar-refractivity contribution >= 4 is 11.3 Å². The van der Waals surface area contributed by atoms with Crippen LogP contribution in [0.15, 0.2) is 35.7 Å². The van der Waals surface area contributed by atoms with Gasteiger partial charge in [-0.2, -0.15) is 0 Å². The molecule has 18 heavy (non-hydrogen) atoms. The molecular weight excluding hydrogens is 249 g/mol. The molecule has 4 heteroatoms. The van der Waals surface area contributed by atoms with Crippen LogP contribution in [0, 0.1) is 12.7 Å². The summed E-state index contributed by atoms with van der Waals surface area (Å²) in [6.45, 7) is 2.03. The summed E-state index contributed by atoms with van der Waals surface area (Å²) in [6, 6.07) is 8.67. The van der Waals surface area contributed by atoms with Gasteiger partial charge in [-0.25, -0.2) is 4.39 Å². The summed E-state index contributed by atoms with van der Waals surface area (Å²) in [5, 5.41) is 12.3. The van der Waals surface area contributed by atoms with Crippen molar-refractivity contribution in [3.8, 4) is 0 Å². The van der Waals surface area contributed by atoms with E-state index in [0.29, 0.717) is 17.7 Å². The Morgan fingerprint density at radius 3 is 2.72 bits per heavy atom. The van der Waals surface area contributed by atoms with Gasteiger partial charge in [0.2, 0.25) is 0 Å². The number of hydrogen-bond acceptors (Lipinski definition) is 3. The van der Waals surface area contributed by atoms with E-state index in [-0.39, 0.29) is 11.7 Å². The molecule has 2 aromatic rings. The minimum Gasteiger partial charge on any atom is -0.388 e. The third kappa shape index (κ3) is 2.61. The molecule has 2 nitrogen and oxygen atoms in total. The first-order chi connectivity index (χ1) is 8.63. The van der Waals surface area contributed by atoms with Gasteiger partial charge in [0.05, 0.1) is 6.10 Å². The summed E-state index contributed by atoms with van der Waals surface area (Å²) in [5.74, 6) is -0.486. The number of thiophene rings is 1. The van der Waals surface area contributed by atoms with E-state index in [1.54, 1.807) is 30.4 Å². The molecule has 0 aliphatic heterocycles. The van der Waals surface area contributed by atoms with Crippen molar-refractivity contribution in [3.63, 3.8) is 0 Å². The number of aryl methyl sites for hydroxylation is 1. The molecule has 0 amide bonds. The van der Waals surface area contributed by atoms with Gasteiger partial charge in [0, 0.05) is 17.3 Å². The van der Waals surface area contributed by atoms with Gasteiger partial charge >= 0.3 is 0 Å². The highest BCUT2D eigenvalue weighted by Gasteiger charge is 2.22. The fraction of sp³-hybridized carbons (Fsp3) is 0.286. The van der Waals surface area contributed by atoms with E-state index >= 15 is 0 Å². The second kappa shape index (κ2) is 5.61. The van der Waals surface area contributed by atoms with Crippen LogP contribution in [0.2, 0.25) is 0 Å². The molecule has 0 radical (unpaired) electrons. The van der Waals surface area contributed by atoms with Crippen molar-refractivity contribution in [2.24, 2.45) is 5.73 Å². The lowest BCUT2D eigenvalue weighted by molar-refractivity contribution is 0.148. The summed E-state index contributed by atoms with van der Waals surface area (Å²) in [7, 11) is 0. The van der Waals surface area contributed by atoms with Crippen molar-refractivity contribution in [2.45, 2.75) is 18.9 Å². The maximum absolute atomic E-state index is 13.5. The van der Waals surface area contributed by atoms with Crippen molar-refractivity contribution in [1.82, 2.24) is 0 Å². The van der Waals surface area contributed by atoms with Crippen LogP contribution in [0.1, 0.15) is 28.0 Å². The predicted molar refractivity (Wildman–Crippen MR) is 72.2 cm³/mol. The zero-order valence-electron chi connectivity index (χ0n) is 10.1. The van der Waals surface area contributed by atoms with Crippen LogP contribution in [-0.2, 0) is 0 Å². The zero-order chi connectivity index (χ0) is 13.1. The van der Waals surface area contributed by atoms with Crippen molar-refractivity contribution in [2.75, 3.05) is 6.54 Å². The second-order valence-electron chi connectivity index (χ2n) is 4.31. The Bertz CT molecular complexity index is 513. The number of halogens is 1. The fourth-order valence-corrected chi connectivity index (χ4v) is 2.80. The number of hydrogen-bond donors (Lipinski definition) is 2. The van der Waals surface area contributed by atoms with Gasteiger partial charge in [-0.15, -0.1) is 11.3 Å². The van der Waals surface area contributed by atoms with Crippen LogP contribution in [0.3, 0.4) is 0 Å². The van der Waals surface area contributed by atoms with E-state index < -0.39 is 6.10 Å². The number of rotatable bonds is 4. The first-order valence-corrected chi connectivity index (χ1v) is 6.69. The standard InChI is InChI=1S/C14H16FNOS/c1-9-4-5-10(7-12(9)15)14(17)11(8-16)13-3-2-6-18-13/h2-7,11,14,17H,8,16H2,1H3. The Labute approximate surface area is 110 Å². The van der Waals surface area contributed by atoms with E-state index in [9.17, 15) is 9.50 Å². The second-order valence-corrected chi connectivity index (χ2v) is 5.29. The maximum atomic E-state index is 13.5. The van der Waals surface area contributed by atoms with Crippen LogP contribution < -0.4 is 5.73 Å². The Hall–Kier alpha value is -1.23. The van der Waals surface area contributed by atoms with Crippen molar-refractivity contribution < 1.29 is 9.50 Å². The summed E-state index contributed by atoms with van der Waals surface area (Å²) in [6.07, 6.45) is -0.774. The normalized spacial score (nSPS) is 14.4. The maximum Gasteiger partial charge on any atom is 0.126 e. The molecule has 1 aromatic carbocycles. The van der Waals surface area contributed by atoms with Crippen molar-refractivity contribution in [3.05, 3.63) is 57.5 Å². The highest BCUT2D eigenvalue weighted by atomic mass is 32.1. The summed E-state index contributed by atoms with van der Waals surface area (Å²) in [4.78, 5) is 1.02. The van der Waals surface area contributed by atoms with E-state index in [4.69, 9.17) is 5.73 Å². The van der Waals surface area contributed by atoms with E-state index in [2.05, 4.69) is 0 Å². The van der Waals surface area contributed by atoms with E-state index in [0.717, 1.165) is 4.88 Å². The number of benzene rings is 1. The topological polar surface area (TPSA) is 46.2 Å². The van der Waals surface area contributed by atoms with Gasteiger partial charge < -0.3 is 10.8 Å². The van der Waals surface area contributed by atoms with Crippen LogP contribution in [-0.4, -0.2) is 11.7 Å². The molecule has 0 saturated carbocycles. The van der Waals surface area contributed by atoms with E-state index in [1.807, 2.05) is 17.5 Å². The van der Waals surface area contributed by atoms with Gasteiger partial charge in [0.1, 0.15) is 5.82 Å². The molecule has 3 N–H and O–H groups in total. The molecule has 0 saturated heterocycles. The minimum atomic E-state index is -0.774. The van der Waals surface area contributed by atoms with Crippen LogP contribution in [0.4, 0.5) is 4.39 Å². The SMILES string of the molecule is Cc1ccc(C(O)C(CN)c2cccs2)cc1F. The van der Waals surface area contributed by atoms with Gasteiger partial charge in [-0.3, -0.25) is 0 Å². The summed E-state index contributed by atoms with van der Waals surface area (Å²) < 4.78 is 13.5. The molecule has 0 bridgehead atoms. The third-order valence-corrected chi connectivity index (χ3v) is 4.09. The number of aliphatic hydroxyl groups excluding tert-OH is 1. The Kier molecular flexibility index (Phi) is 4.11. The van der Waals surface area contributed by atoms with Crippen molar-refractivity contribution in [1.29, 1.82) is 0 Å². The highest BCUT2D eigenvalue weighted by Crippen LogP contribution is 2.33. The molecular formula is C14H16FNOS. The summed E-state index contributed by atoms with van der Waals surface area (Å²) >= 11 is 1.55. The number of aliphatic hydroxyl groups is 1. The Morgan fingerprint density at radius 1 is 1.39 bits per heavy atom. The Morgan fingerprint density at radius 2 is 2.17 bits per heavy atom. The molecule has 96 valence electrons. The highest BCUT2D eigenvalue weighted by molar-refractivity contribution is 7.10. The molecule has 0 fully saturated rings. The average molecular weight is 265 g/mol.